The average molecular weight is 248 g/mol. The van der Waals surface area contributed by atoms with Crippen LogP contribution < -0.4 is 5.32 Å². The lowest BCUT2D eigenvalue weighted by molar-refractivity contribution is 0.181. The molecule has 0 amide bonds. The second-order valence-corrected chi connectivity index (χ2v) is 4.32. The number of oxazole rings is 1. The maximum atomic E-state index is 5.73. The van der Waals surface area contributed by atoms with Gasteiger partial charge in [-0.05, 0) is 25.1 Å². The van der Waals surface area contributed by atoms with Crippen LogP contribution in [-0.2, 0) is 11.2 Å². The van der Waals surface area contributed by atoms with Gasteiger partial charge in [0.05, 0.1) is 0 Å². The molecule has 0 aliphatic carbocycles. The zero-order chi connectivity index (χ0) is 12.8. The highest BCUT2D eigenvalue weighted by Gasteiger charge is 2.12. The number of likely N-dealkylation sites (N-methyl/N-ethyl adjacent to an activating group) is 1. The van der Waals surface area contributed by atoms with Gasteiger partial charge in [0.1, 0.15) is 5.52 Å². The van der Waals surface area contributed by atoms with Crippen molar-refractivity contribution in [3.63, 3.8) is 0 Å². The van der Waals surface area contributed by atoms with E-state index in [2.05, 4.69) is 17.2 Å². The summed E-state index contributed by atoms with van der Waals surface area (Å²) >= 11 is 0. The van der Waals surface area contributed by atoms with Gasteiger partial charge in [-0.3, -0.25) is 0 Å². The van der Waals surface area contributed by atoms with Crippen LogP contribution in [0.5, 0.6) is 0 Å². The molecule has 4 nitrogen and oxygen atoms in total. The highest BCUT2D eigenvalue weighted by Crippen LogP contribution is 2.16. The summed E-state index contributed by atoms with van der Waals surface area (Å²) < 4.78 is 10.9. The Morgan fingerprint density at radius 3 is 2.94 bits per heavy atom. The Balaban J connectivity index is 2.05. The fourth-order valence-corrected chi connectivity index (χ4v) is 2.04. The predicted octanol–water partition coefficient (Wildman–Crippen LogP) is 2.38. The van der Waals surface area contributed by atoms with Crippen molar-refractivity contribution in [2.24, 2.45) is 0 Å². The third kappa shape index (κ3) is 3.31. The zero-order valence-electron chi connectivity index (χ0n) is 11.0. The molecule has 2 rings (SSSR count). The van der Waals surface area contributed by atoms with Crippen molar-refractivity contribution in [2.45, 2.75) is 25.8 Å². The number of nitrogens with zero attached hydrogens (tertiary/aromatic N) is 1. The quantitative estimate of drug-likeness (QED) is 0.817. The zero-order valence-corrected chi connectivity index (χ0v) is 11.0. The van der Waals surface area contributed by atoms with Gasteiger partial charge in [-0.2, -0.15) is 0 Å². The van der Waals surface area contributed by atoms with Crippen LogP contribution in [0.2, 0.25) is 0 Å². The van der Waals surface area contributed by atoms with Gasteiger partial charge in [-0.15, -0.1) is 0 Å². The maximum Gasteiger partial charge on any atom is 0.197 e. The Hall–Kier alpha value is -1.39. The van der Waals surface area contributed by atoms with Crippen molar-refractivity contribution in [3.8, 4) is 0 Å². The van der Waals surface area contributed by atoms with E-state index in [4.69, 9.17) is 9.15 Å². The number of fused-ring (bicyclic) bond motifs is 1. The highest BCUT2D eigenvalue weighted by atomic mass is 16.5. The molecule has 1 aromatic carbocycles. The van der Waals surface area contributed by atoms with E-state index in [1.165, 1.54) is 0 Å². The monoisotopic (exact) mass is 248 g/mol. The third-order valence-electron chi connectivity index (χ3n) is 2.92. The van der Waals surface area contributed by atoms with Gasteiger partial charge in [0.15, 0.2) is 11.5 Å². The van der Waals surface area contributed by atoms with Crippen LogP contribution in [0, 0.1) is 0 Å². The van der Waals surface area contributed by atoms with E-state index in [1.54, 1.807) is 7.11 Å². The molecule has 0 saturated carbocycles. The first-order chi connectivity index (χ1) is 8.83. The molecule has 0 fully saturated rings. The molecule has 4 heteroatoms. The first-order valence-corrected chi connectivity index (χ1v) is 6.40. The normalized spacial score (nSPS) is 13.0. The number of rotatable bonds is 7. The Morgan fingerprint density at radius 2 is 2.22 bits per heavy atom. The van der Waals surface area contributed by atoms with Gasteiger partial charge in [-0.25, -0.2) is 4.98 Å². The number of methoxy groups -OCH3 is 1. The fourth-order valence-electron chi connectivity index (χ4n) is 2.04. The average Bonchev–Trinajstić information content (AvgIpc) is 2.78. The summed E-state index contributed by atoms with van der Waals surface area (Å²) in [7, 11) is 1.72. The largest absolute Gasteiger partial charge is 0.441 e. The van der Waals surface area contributed by atoms with Gasteiger partial charge in [-0.1, -0.05) is 19.1 Å². The molecule has 1 heterocycles. The number of aromatic nitrogens is 1. The summed E-state index contributed by atoms with van der Waals surface area (Å²) in [5.74, 6) is 0.790. The Bertz CT molecular complexity index is 448. The van der Waals surface area contributed by atoms with Gasteiger partial charge in [0.25, 0.3) is 0 Å². The van der Waals surface area contributed by atoms with Crippen LogP contribution in [-0.4, -0.2) is 31.3 Å². The lowest BCUT2D eigenvalue weighted by Crippen LogP contribution is -2.32. The fraction of sp³-hybridized carbons (Fsp3) is 0.500. The standard InChI is InChI=1S/C14H20N2O2/c1-3-15-11(8-9-17-2)10-14-16-12-6-4-5-7-13(12)18-14/h4-7,11,15H,3,8-10H2,1-2H3. The molecule has 98 valence electrons. The topological polar surface area (TPSA) is 47.3 Å². The summed E-state index contributed by atoms with van der Waals surface area (Å²) in [4.78, 5) is 4.50. The lowest BCUT2D eigenvalue weighted by Gasteiger charge is -2.15. The minimum atomic E-state index is 0.350. The van der Waals surface area contributed by atoms with Crippen molar-refractivity contribution in [3.05, 3.63) is 30.2 Å². The van der Waals surface area contributed by atoms with Crippen molar-refractivity contribution in [2.75, 3.05) is 20.3 Å². The number of nitrogens with one attached hydrogen (secondary N) is 1. The molecular weight excluding hydrogens is 228 g/mol. The summed E-state index contributed by atoms with van der Waals surface area (Å²) in [6, 6.07) is 8.21. The van der Waals surface area contributed by atoms with E-state index in [0.29, 0.717) is 6.04 Å². The molecule has 18 heavy (non-hydrogen) atoms. The van der Waals surface area contributed by atoms with Crippen molar-refractivity contribution < 1.29 is 9.15 Å². The van der Waals surface area contributed by atoms with E-state index < -0.39 is 0 Å². The number of hydrogen-bond donors (Lipinski definition) is 1. The summed E-state index contributed by atoms with van der Waals surface area (Å²) in [6.45, 7) is 3.79. The molecule has 0 bridgehead atoms. The smallest absolute Gasteiger partial charge is 0.197 e. The number of para-hydroxylation sites is 2. The first-order valence-electron chi connectivity index (χ1n) is 6.40. The van der Waals surface area contributed by atoms with Crippen molar-refractivity contribution in [1.82, 2.24) is 10.3 Å². The minimum Gasteiger partial charge on any atom is -0.441 e. The minimum absolute atomic E-state index is 0.350. The molecular formula is C14H20N2O2. The van der Waals surface area contributed by atoms with E-state index in [0.717, 1.165) is 43.0 Å². The van der Waals surface area contributed by atoms with Gasteiger partial charge in [0, 0.05) is 26.2 Å². The lowest BCUT2D eigenvalue weighted by atomic mass is 10.1. The Labute approximate surface area is 107 Å². The first kappa shape index (κ1) is 13.1. The van der Waals surface area contributed by atoms with E-state index in [1.807, 2.05) is 24.3 Å². The molecule has 0 saturated heterocycles. The SMILES string of the molecule is CCNC(CCOC)Cc1nc2ccccc2o1. The summed E-state index contributed by atoms with van der Waals surface area (Å²) in [6.07, 6.45) is 1.76. The highest BCUT2D eigenvalue weighted by molar-refractivity contribution is 5.72. The third-order valence-corrected chi connectivity index (χ3v) is 2.92. The number of benzene rings is 1. The number of ether oxygens (including phenoxy) is 1. The summed E-state index contributed by atoms with van der Waals surface area (Å²) in [5.41, 5.74) is 1.78. The van der Waals surface area contributed by atoms with E-state index in [-0.39, 0.29) is 0 Å². The number of hydrogen-bond acceptors (Lipinski definition) is 4. The van der Waals surface area contributed by atoms with Crippen LogP contribution in [0.4, 0.5) is 0 Å². The second-order valence-electron chi connectivity index (χ2n) is 4.32. The molecule has 1 aromatic heterocycles. The molecule has 0 radical (unpaired) electrons. The molecule has 1 N–H and O–H groups in total. The molecule has 2 aromatic rings. The van der Waals surface area contributed by atoms with Crippen LogP contribution in [0.15, 0.2) is 28.7 Å². The van der Waals surface area contributed by atoms with Crippen LogP contribution in [0.1, 0.15) is 19.2 Å². The van der Waals surface area contributed by atoms with Crippen LogP contribution >= 0.6 is 0 Å². The second kappa shape index (κ2) is 6.52. The van der Waals surface area contributed by atoms with Crippen molar-refractivity contribution in [1.29, 1.82) is 0 Å². The van der Waals surface area contributed by atoms with E-state index in [9.17, 15) is 0 Å². The van der Waals surface area contributed by atoms with E-state index >= 15 is 0 Å². The molecule has 1 atom stereocenters. The van der Waals surface area contributed by atoms with Gasteiger partial charge in [0.2, 0.25) is 0 Å². The molecule has 0 aliphatic heterocycles. The van der Waals surface area contributed by atoms with Crippen LogP contribution in [0.25, 0.3) is 11.1 Å². The van der Waals surface area contributed by atoms with Crippen LogP contribution in [0.3, 0.4) is 0 Å². The van der Waals surface area contributed by atoms with Gasteiger partial charge < -0.3 is 14.5 Å². The molecule has 0 spiro atoms. The summed E-state index contributed by atoms with van der Waals surface area (Å²) in [5, 5.41) is 3.43. The molecule has 1 unspecified atom stereocenters. The predicted molar refractivity (Wildman–Crippen MR) is 71.7 cm³/mol. The Kier molecular flexibility index (Phi) is 4.73. The van der Waals surface area contributed by atoms with Gasteiger partial charge >= 0.3 is 0 Å². The Morgan fingerprint density at radius 1 is 1.39 bits per heavy atom. The van der Waals surface area contributed by atoms with Crippen molar-refractivity contribution >= 4 is 11.1 Å². The maximum absolute atomic E-state index is 5.73. The molecule has 0 aliphatic rings.